The van der Waals surface area contributed by atoms with Gasteiger partial charge in [0, 0.05) is 12.0 Å². The molecule has 5 heteroatoms. The number of nitrogens with zero attached hydrogens (tertiary/aromatic N) is 1. The highest BCUT2D eigenvalue weighted by Crippen LogP contribution is 2.29. The summed E-state index contributed by atoms with van der Waals surface area (Å²) in [6, 6.07) is 5.78. The van der Waals surface area contributed by atoms with Crippen molar-refractivity contribution in [2.24, 2.45) is 0 Å². The number of aliphatic hydroxyl groups is 1. The van der Waals surface area contributed by atoms with Gasteiger partial charge in [0.1, 0.15) is 22.4 Å². The van der Waals surface area contributed by atoms with Crippen LogP contribution >= 0.6 is 11.6 Å². The van der Waals surface area contributed by atoms with Crippen LogP contribution in [0.3, 0.4) is 0 Å². The van der Waals surface area contributed by atoms with Crippen LogP contribution < -0.4 is 4.74 Å². The number of aryl methyl sites for hydroxylation is 1. The van der Waals surface area contributed by atoms with E-state index in [4.69, 9.17) is 21.4 Å². The Bertz CT molecular complexity index is 552. The van der Waals surface area contributed by atoms with Crippen molar-refractivity contribution in [3.05, 3.63) is 34.7 Å². The summed E-state index contributed by atoms with van der Waals surface area (Å²) in [4.78, 5) is 7.33. The fourth-order valence-corrected chi connectivity index (χ4v) is 2.10. The summed E-state index contributed by atoms with van der Waals surface area (Å²) < 4.78 is 5.22. The highest BCUT2D eigenvalue weighted by Gasteiger charge is 2.11. The SMILES string of the molecule is COc1ccc(-c2nc(CCO)[nH]c2Cl)cc1C. The Morgan fingerprint density at radius 3 is 2.83 bits per heavy atom. The number of benzene rings is 1. The molecule has 1 aromatic carbocycles. The normalized spacial score (nSPS) is 10.7. The third kappa shape index (κ3) is 2.49. The minimum absolute atomic E-state index is 0.0466. The molecule has 2 rings (SSSR count). The Kier molecular flexibility index (Phi) is 3.89. The van der Waals surface area contributed by atoms with Crippen molar-refractivity contribution in [3.63, 3.8) is 0 Å². The first-order chi connectivity index (χ1) is 8.65. The number of ether oxygens (including phenoxy) is 1. The van der Waals surface area contributed by atoms with E-state index in [0.29, 0.717) is 23.1 Å². The zero-order valence-electron chi connectivity index (χ0n) is 10.3. The lowest BCUT2D eigenvalue weighted by Crippen LogP contribution is -1.92. The van der Waals surface area contributed by atoms with Gasteiger partial charge in [0.05, 0.1) is 13.7 Å². The molecule has 0 aliphatic rings. The predicted molar refractivity (Wildman–Crippen MR) is 71.1 cm³/mol. The van der Waals surface area contributed by atoms with E-state index in [2.05, 4.69) is 9.97 Å². The maximum absolute atomic E-state index is 8.88. The van der Waals surface area contributed by atoms with Gasteiger partial charge in [0.2, 0.25) is 0 Å². The van der Waals surface area contributed by atoms with Crippen molar-refractivity contribution in [1.29, 1.82) is 0 Å². The number of halogens is 1. The van der Waals surface area contributed by atoms with Gasteiger partial charge in [-0.2, -0.15) is 0 Å². The van der Waals surface area contributed by atoms with Gasteiger partial charge in [-0.05, 0) is 30.7 Å². The Balaban J connectivity index is 2.39. The van der Waals surface area contributed by atoms with E-state index < -0.39 is 0 Å². The standard InChI is InChI=1S/C13H15ClN2O2/c1-8-7-9(3-4-10(8)18-2)12-13(14)16-11(15-12)5-6-17/h3-4,7,17H,5-6H2,1-2H3,(H,15,16). The third-order valence-corrected chi connectivity index (χ3v) is 3.00. The second kappa shape index (κ2) is 5.42. The van der Waals surface area contributed by atoms with Crippen LogP contribution in [0, 0.1) is 6.92 Å². The second-order valence-electron chi connectivity index (χ2n) is 4.00. The topological polar surface area (TPSA) is 58.1 Å². The fourth-order valence-electron chi connectivity index (χ4n) is 1.84. The molecular formula is C13H15ClN2O2. The number of imidazole rings is 1. The van der Waals surface area contributed by atoms with E-state index in [-0.39, 0.29) is 6.61 Å². The maximum atomic E-state index is 8.88. The van der Waals surface area contributed by atoms with Crippen molar-refractivity contribution >= 4 is 11.6 Å². The number of rotatable bonds is 4. The van der Waals surface area contributed by atoms with Gasteiger partial charge in [-0.1, -0.05) is 11.6 Å². The molecule has 0 amide bonds. The average Bonchev–Trinajstić information content (AvgIpc) is 2.71. The second-order valence-corrected chi connectivity index (χ2v) is 4.38. The zero-order valence-corrected chi connectivity index (χ0v) is 11.1. The molecule has 0 saturated heterocycles. The maximum Gasteiger partial charge on any atom is 0.134 e. The summed E-state index contributed by atoms with van der Waals surface area (Å²) in [6.07, 6.45) is 0.467. The van der Waals surface area contributed by atoms with Crippen LogP contribution in [0.25, 0.3) is 11.3 Å². The smallest absolute Gasteiger partial charge is 0.134 e. The van der Waals surface area contributed by atoms with Crippen LogP contribution in [0.15, 0.2) is 18.2 Å². The van der Waals surface area contributed by atoms with Gasteiger partial charge in [0.25, 0.3) is 0 Å². The van der Waals surface area contributed by atoms with Gasteiger partial charge in [-0.25, -0.2) is 4.98 Å². The van der Waals surface area contributed by atoms with E-state index in [9.17, 15) is 0 Å². The molecule has 18 heavy (non-hydrogen) atoms. The van der Waals surface area contributed by atoms with Crippen LogP contribution in [-0.4, -0.2) is 28.8 Å². The van der Waals surface area contributed by atoms with E-state index in [0.717, 1.165) is 16.9 Å². The molecule has 0 unspecified atom stereocenters. The molecule has 2 N–H and O–H groups in total. The first kappa shape index (κ1) is 12.9. The van der Waals surface area contributed by atoms with Crippen LogP contribution in [0.5, 0.6) is 5.75 Å². The lowest BCUT2D eigenvalue weighted by Gasteiger charge is -2.05. The van der Waals surface area contributed by atoms with Crippen molar-refractivity contribution in [3.8, 4) is 17.0 Å². The minimum Gasteiger partial charge on any atom is -0.496 e. The van der Waals surface area contributed by atoms with Gasteiger partial charge in [-0.15, -0.1) is 0 Å². The van der Waals surface area contributed by atoms with Crippen molar-refractivity contribution in [2.45, 2.75) is 13.3 Å². The van der Waals surface area contributed by atoms with Gasteiger partial charge in [-0.3, -0.25) is 0 Å². The molecule has 0 spiro atoms. The molecule has 0 atom stereocenters. The zero-order chi connectivity index (χ0) is 13.1. The molecule has 0 saturated carbocycles. The number of hydrogen-bond acceptors (Lipinski definition) is 3. The number of H-pyrrole nitrogens is 1. The summed E-state index contributed by atoms with van der Waals surface area (Å²) in [5, 5.41) is 9.37. The molecule has 0 aliphatic carbocycles. The quantitative estimate of drug-likeness (QED) is 0.894. The number of nitrogens with one attached hydrogen (secondary N) is 1. The molecule has 96 valence electrons. The van der Waals surface area contributed by atoms with Crippen LogP contribution in [0.4, 0.5) is 0 Å². The van der Waals surface area contributed by atoms with Crippen LogP contribution in [-0.2, 0) is 6.42 Å². The fraction of sp³-hybridized carbons (Fsp3) is 0.308. The average molecular weight is 267 g/mol. The Labute approximate surface area is 111 Å². The summed E-state index contributed by atoms with van der Waals surface area (Å²) in [6.45, 7) is 2.02. The van der Waals surface area contributed by atoms with Crippen LogP contribution in [0.2, 0.25) is 5.15 Å². The molecule has 4 nitrogen and oxygen atoms in total. The van der Waals surface area contributed by atoms with E-state index >= 15 is 0 Å². The molecule has 0 aliphatic heterocycles. The summed E-state index contributed by atoms with van der Waals surface area (Å²) in [7, 11) is 1.64. The van der Waals surface area contributed by atoms with E-state index in [1.54, 1.807) is 7.11 Å². The predicted octanol–water partition coefficient (Wildman–Crippen LogP) is 2.58. The van der Waals surface area contributed by atoms with E-state index in [1.165, 1.54) is 0 Å². The molecule has 0 fully saturated rings. The third-order valence-electron chi connectivity index (χ3n) is 2.73. The lowest BCUT2D eigenvalue weighted by molar-refractivity contribution is 0.297. The highest BCUT2D eigenvalue weighted by atomic mass is 35.5. The van der Waals surface area contributed by atoms with E-state index in [1.807, 2.05) is 25.1 Å². The number of aliphatic hydroxyl groups excluding tert-OH is 1. The number of aromatic amines is 1. The Morgan fingerprint density at radius 2 is 2.22 bits per heavy atom. The number of aromatic nitrogens is 2. The minimum atomic E-state index is 0.0466. The monoisotopic (exact) mass is 266 g/mol. The van der Waals surface area contributed by atoms with Gasteiger partial charge < -0.3 is 14.8 Å². The van der Waals surface area contributed by atoms with Gasteiger partial charge >= 0.3 is 0 Å². The van der Waals surface area contributed by atoms with Crippen molar-refractivity contribution in [1.82, 2.24) is 9.97 Å². The molecule has 1 aromatic heterocycles. The summed E-state index contributed by atoms with van der Waals surface area (Å²) >= 11 is 6.11. The molecular weight excluding hydrogens is 252 g/mol. The Morgan fingerprint density at radius 1 is 1.44 bits per heavy atom. The van der Waals surface area contributed by atoms with Crippen molar-refractivity contribution in [2.75, 3.05) is 13.7 Å². The summed E-state index contributed by atoms with van der Waals surface area (Å²) in [5.74, 6) is 1.52. The van der Waals surface area contributed by atoms with Crippen molar-refractivity contribution < 1.29 is 9.84 Å². The molecule has 0 radical (unpaired) electrons. The molecule has 2 aromatic rings. The largest absolute Gasteiger partial charge is 0.496 e. The molecule has 0 bridgehead atoms. The first-order valence-electron chi connectivity index (χ1n) is 5.66. The lowest BCUT2D eigenvalue weighted by atomic mass is 10.1. The van der Waals surface area contributed by atoms with Gasteiger partial charge in [0.15, 0.2) is 0 Å². The molecule has 1 heterocycles. The first-order valence-corrected chi connectivity index (χ1v) is 6.03. The number of hydrogen-bond donors (Lipinski definition) is 2. The summed E-state index contributed by atoms with van der Waals surface area (Å²) in [5.41, 5.74) is 2.65. The number of methoxy groups -OCH3 is 1. The highest BCUT2D eigenvalue weighted by molar-refractivity contribution is 6.31. The Hall–Kier alpha value is -1.52. The van der Waals surface area contributed by atoms with Crippen LogP contribution in [0.1, 0.15) is 11.4 Å².